The smallest absolute Gasteiger partial charge is 0.243 e. The number of rotatable bonds is 5. The molecule has 1 fully saturated rings. The van der Waals surface area contributed by atoms with Gasteiger partial charge in [0, 0.05) is 13.0 Å². The number of aliphatic hydroxyl groups excluding tert-OH is 2. The molecule has 0 radical (unpaired) electrons. The van der Waals surface area contributed by atoms with Gasteiger partial charge in [-0.15, -0.1) is 6.42 Å². The highest BCUT2D eigenvalue weighted by atomic mass is 19.1. The largest absolute Gasteiger partial charge is 0.394 e. The molecule has 3 heterocycles. The summed E-state index contributed by atoms with van der Waals surface area (Å²) in [5.41, 5.74) is -2.20. The van der Waals surface area contributed by atoms with Crippen LogP contribution in [0.15, 0.2) is 6.33 Å². The number of aliphatic hydroxyl groups is 2. The number of nitrogens with one attached hydrogen (secondary N) is 2. The number of fused-ring (bicyclic) bond motifs is 1. The standard InChI is InChI=1S/C17H21FN6O4/c1-5-17(18)11(26)9(6-25)28-15(17)24-7-20-10-12(19-4)21-16(22-13(10)24)23-14(27)8(2)3/h1,7-9,11,15,25-26H,6H2,2-4H3,(H2,19,21,22,23,27)/t9?,11-,15-,17-/m1/s1. The number of carbonyl (C=O) groups excluding carboxylic acids is 1. The molecule has 1 saturated heterocycles. The second kappa shape index (κ2) is 7.31. The fourth-order valence-electron chi connectivity index (χ4n) is 2.90. The lowest BCUT2D eigenvalue weighted by Gasteiger charge is -2.23. The number of nitrogens with zero attached hydrogens (tertiary/aromatic N) is 4. The van der Waals surface area contributed by atoms with Crippen LogP contribution in [0.2, 0.25) is 0 Å². The molecule has 0 aromatic carbocycles. The van der Waals surface area contributed by atoms with Crippen LogP contribution in [-0.4, -0.2) is 67.2 Å². The molecular weight excluding hydrogens is 371 g/mol. The molecular formula is C17H21FN6O4. The first-order chi connectivity index (χ1) is 13.3. The van der Waals surface area contributed by atoms with Crippen LogP contribution in [0.4, 0.5) is 16.2 Å². The number of halogens is 1. The molecule has 0 spiro atoms. The number of hydrogen-bond acceptors (Lipinski definition) is 8. The van der Waals surface area contributed by atoms with E-state index in [1.165, 1.54) is 10.9 Å². The molecule has 10 nitrogen and oxygen atoms in total. The summed E-state index contributed by atoms with van der Waals surface area (Å²) in [4.78, 5) is 24.6. The molecule has 1 unspecified atom stereocenters. The number of hydrogen-bond donors (Lipinski definition) is 4. The monoisotopic (exact) mass is 392 g/mol. The zero-order valence-corrected chi connectivity index (χ0v) is 15.5. The normalized spacial score (nSPS) is 27.1. The fourth-order valence-corrected chi connectivity index (χ4v) is 2.90. The van der Waals surface area contributed by atoms with Crippen molar-refractivity contribution < 1.29 is 24.1 Å². The molecule has 2 aromatic heterocycles. The molecule has 1 aliphatic heterocycles. The van der Waals surface area contributed by atoms with Gasteiger partial charge in [0.05, 0.1) is 12.9 Å². The van der Waals surface area contributed by atoms with Gasteiger partial charge in [-0.2, -0.15) is 9.97 Å². The van der Waals surface area contributed by atoms with Gasteiger partial charge in [-0.3, -0.25) is 14.7 Å². The van der Waals surface area contributed by atoms with Gasteiger partial charge < -0.3 is 20.3 Å². The van der Waals surface area contributed by atoms with Gasteiger partial charge >= 0.3 is 0 Å². The first kappa shape index (κ1) is 19.9. The molecule has 2 aromatic rings. The van der Waals surface area contributed by atoms with Gasteiger partial charge in [0.15, 0.2) is 23.2 Å². The number of imidazole rings is 1. The molecule has 1 amide bonds. The Morgan fingerprint density at radius 3 is 2.82 bits per heavy atom. The highest BCUT2D eigenvalue weighted by molar-refractivity contribution is 5.92. The van der Waals surface area contributed by atoms with Crippen LogP contribution in [0.25, 0.3) is 11.2 Å². The zero-order chi connectivity index (χ0) is 20.6. The number of alkyl halides is 1. The number of anilines is 2. The maximum Gasteiger partial charge on any atom is 0.243 e. The Bertz CT molecular complexity index is 942. The average molecular weight is 392 g/mol. The van der Waals surface area contributed by atoms with Crippen molar-refractivity contribution >= 4 is 28.8 Å². The van der Waals surface area contributed by atoms with E-state index in [0.29, 0.717) is 5.82 Å². The third kappa shape index (κ3) is 3.05. The van der Waals surface area contributed by atoms with E-state index in [1.54, 1.807) is 20.9 Å². The fraction of sp³-hybridized carbons (Fsp3) is 0.529. The summed E-state index contributed by atoms with van der Waals surface area (Å²) >= 11 is 0. The maximum absolute atomic E-state index is 15.3. The number of ether oxygens (including phenoxy) is 1. The summed E-state index contributed by atoms with van der Waals surface area (Å²) in [6.45, 7) is 2.80. The number of aromatic nitrogens is 4. The lowest BCUT2D eigenvalue weighted by atomic mass is 9.97. The molecule has 3 rings (SSSR count). The Balaban J connectivity index is 2.12. The Labute approximate surface area is 160 Å². The van der Waals surface area contributed by atoms with Crippen molar-refractivity contribution in [2.75, 3.05) is 24.3 Å². The first-order valence-corrected chi connectivity index (χ1v) is 8.61. The predicted octanol–water partition coefficient (Wildman–Crippen LogP) is 0.0546. The third-order valence-corrected chi connectivity index (χ3v) is 4.52. The second-order valence-corrected chi connectivity index (χ2v) is 6.68. The average Bonchev–Trinajstić information content (AvgIpc) is 3.20. The SMILES string of the molecule is C#C[C@@]1(F)[C@H](O)C(CO)O[C@H]1n1cnc2c(NC)nc(NC(=O)C(C)C)nc21. The third-order valence-electron chi connectivity index (χ3n) is 4.52. The van der Waals surface area contributed by atoms with Crippen molar-refractivity contribution in [3.05, 3.63) is 6.33 Å². The lowest BCUT2D eigenvalue weighted by molar-refractivity contribution is -0.118. The van der Waals surface area contributed by atoms with Crippen LogP contribution in [-0.2, 0) is 9.53 Å². The van der Waals surface area contributed by atoms with Gasteiger partial charge in [-0.25, -0.2) is 9.37 Å². The van der Waals surface area contributed by atoms with E-state index in [0.717, 1.165) is 0 Å². The van der Waals surface area contributed by atoms with Crippen LogP contribution in [0.3, 0.4) is 0 Å². The summed E-state index contributed by atoms with van der Waals surface area (Å²) in [7, 11) is 1.60. The summed E-state index contributed by atoms with van der Waals surface area (Å²) in [6.07, 6.45) is 2.13. The Morgan fingerprint density at radius 1 is 1.54 bits per heavy atom. The minimum absolute atomic E-state index is 0.0141. The quantitative estimate of drug-likeness (QED) is 0.525. The van der Waals surface area contributed by atoms with E-state index in [9.17, 15) is 15.0 Å². The van der Waals surface area contributed by atoms with Crippen molar-refractivity contribution in [2.45, 2.75) is 38.0 Å². The van der Waals surface area contributed by atoms with E-state index in [1.807, 2.05) is 5.92 Å². The lowest BCUT2D eigenvalue weighted by Crippen LogP contribution is -2.42. The molecule has 0 aliphatic carbocycles. The first-order valence-electron chi connectivity index (χ1n) is 8.61. The number of amides is 1. The Morgan fingerprint density at radius 2 is 2.25 bits per heavy atom. The molecule has 0 bridgehead atoms. The zero-order valence-electron chi connectivity index (χ0n) is 15.5. The summed E-state index contributed by atoms with van der Waals surface area (Å²) < 4.78 is 22.0. The summed E-state index contributed by atoms with van der Waals surface area (Å²) in [6, 6.07) is 0. The highest BCUT2D eigenvalue weighted by Crippen LogP contribution is 2.42. The van der Waals surface area contributed by atoms with Gasteiger partial charge in [-0.05, 0) is 0 Å². The van der Waals surface area contributed by atoms with E-state index >= 15 is 4.39 Å². The van der Waals surface area contributed by atoms with E-state index in [2.05, 4.69) is 25.6 Å². The number of carbonyl (C=O) groups is 1. The molecule has 11 heteroatoms. The minimum Gasteiger partial charge on any atom is -0.394 e. The molecule has 4 atom stereocenters. The van der Waals surface area contributed by atoms with Crippen molar-refractivity contribution in [3.8, 4) is 12.3 Å². The van der Waals surface area contributed by atoms with E-state index in [-0.39, 0.29) is 28.9 Å². The van der Waals surface area contributed by atoms with Crippen LogP contribution < -0.4 is 10.6 Å². The molecule has 150 valence electrons. The maximum atomic E-state index is 15.3. The van der Waals surface area contributed by atoms with E-state index < -0.39 is 30.7 Å². The minimum atomic E-state index is -2.62. The van der Waals surface area contributed by atoms with Gasteiger partial charge in [-0.1, -0.05) is 19.8 Å². The van der Waals surface area contributed by atoms with E-state index in [4.69, 9.17) is 11.2 Å². The highest BCUT2D eigenvalue weighted by Gasteiger charge is 2.57. The topological polar surface area (TPSA) is 134 Å². The molecule has 1 aliphatic rings. The Hall–Kier alpha value is -2.81. The van der Waals surface area contributed by atoms with Crippen molar-refractivity contribution in [3.63, 3.8) is 0 Å². The van der Waals surface area contributed by atoms with Crippen molar-refractivity contribution in [1.29, 1.82) is 0 Å². The van der Waals surface area contributed by atoms with Crippen molar-refractivity contribution in [2.24, 2.45) is 5.92 Å². The summed E-state index contributed by atoms with van der Waals surface area (Å²) in [5, 5.41) is 24.9. The summed E-state index contributed by atoms with van der Waals surface area (Å²) in [5.74, 6) is 1.59. The van der Waals surface area contributed by atoms with Crippen LogP contribution in [0, 0.1) is 18.3 Å². The number of terminal acetylenes is 1. The van der Waals surface area contributed by atoms with Crippen LogP contribution in [0.1, 0.15) is 20.1 Å². The van der Waals surface area contributed by atoms with Crippen molar-refractivity contribution in [1.82, 2.24) is 19.5 Å². The molecule has 0 saturated carbocycles. The van der Waals surface area contributed by atoms with Crippen LogP contribution in [0.5, 0.6) is 0 Å². The van der Waals surface area contributed by atoms with Crippen LogP contribution >= 0.6 is 0 Å². The van der Waals surface area contributed by atoms with Gasteiger partial charge in [0.2, 0.25) is 17.5 Å². The predicted molar refractivity (Wildman–Crippen MR) is 98.0 cm³/mol. The Kier molecular flexibility index (Phi) is 5.20. The van der Waals surface area contributed by atoms with Gasteiger partial charge in [0.1, 0.15) is 12.2 Å². The molecule has 4 N–H and O–H groups in total. The second-order valence-electron chi connectivity index (χ2n) is 6.68. The van der Waals surface area contributed by atoms with Gasteiger partial charge in [0.25, 0.3) is 0 Å². The molecule has 28 heavy (non-hydrogen) atoms.